The molecule has 9 rings (SSSR count). The molecular formula is C40H25N3S. The van der Waals surface area contributed by atoms with E-state index in [9.17, 15) is 0 Å². The Morgan fingerprint density at radius 1 is 0.455 bits per heavy atom. The van der Waals surface area contributed by atoms with Crippen LogP contribution in [-0.4, -0.2) is 14.5 Å². The first-order chi connectivity index (χ1) is 21.8. The Balaban J connectivity index is 1.34. The van der Waals surface area contributed by atoms with Crippen molar-refractivity contribution >= 4 is 53.3 Å². The number of fused-ring (bicyclic) bond motifs is 6. The molecule has 44 heavy (non-hydrogen) atoms. The van der Waals surface area contributed by atoms with Crippen LogP contribution in [0, 0.1) is 0 Å². The van der Waals surface area contributed by atoms with E-state index in [1.807, 2.05) is 17.4 Å². The molecule has 3 nitrogen and oxygen atoms in total. The summed E-state index contributed by atoms with van der Waals surface area (Å²) < 4.78 is 4.80. The highest BCUT2D eigenvalue weighted by atomic mass is 32.1. The number of nitrogens with zero attached hydrogens (tertiary/aromatic N) is 3. The van der Waals surface area contributed by atoms with Crippen molar-refractivity contribution in [2.75, 3.05) is 0 Å². The summed E-state index contributed by atoms with van der Waals surface area (Å²) in [5.74, 6) is 1.56. The van der Waals surface area contributed by atoms with Crippen molar-refractivity contribution in [2.24, 2.45) is 0 Å². The topological polar surface area (TPSA) is 30.7 Å². The largest absolute Gasteiger partial charge is 0.294 e. The number of rotatable bonds is 4. The number of para-hydroxylation sites is 2. The van der Waals surface area contributed by atoms with Crippen molar-refractivity contribution in [3.8, 4) is 39.6 Å². The van der Waals surface area contributed by atoms with Crippen LogP contribution in [0.2, 0.25) is 0 Å². The van der Waals surface area contributed by atoms with Crippen LogP contribution >= 0.6 is 11.3 Å². The molecule has 0 unspecified atom stereocenters. The zero-order valence-electron chi connectivity index (χ0n) is 23.7. The average molecular weight is 580 g/mol. The van der Waals surface area contributed by atoms with Crippen LogP contribution in [0.25, 0.3) is 81.6 Å². The highest BCUT2D eigenvalue weighted by Gasteiger charge is 2.18. The lowest BCUT2D eigenvalue weighted by molar-refractivity contribution is 1.05. The lowest BCUT2D eigenvalue weighted by atomic mass is 10.0. The molecule has 9 aromatic rings. The van der Waals surface area contributed by atoms with Gasteiger partial charge in [0.1, 0.15) is 5.82 Å². The quantitative estimate of drug-likeness (QED) is 0.208. The minimum atomic E-state index is 0.704. The van der Waals surface area contributed by atoms with Gasteiger partial charge >= 0.3 is 0 Å². The summed E-state index contributed by atoms with van der Waals surface area (Å²) in [7, 11) is 0. The molecule has 0 amide bonds. The number of thiophene rings is 1. The standard InChI is InChI=1S/C40H25N3S/c1-2-12-26(13-3-1)27-14-10-15-28(24-27)40-41-34(33-20-11-19-32-31-18-6-9-23-37(31)44-39(32)33)25-38(42-40)43-35-21-7-4-16-29(35)30-17-5-8-22-36(30)43/h1-25H. The first kappa shape index (κ1) is 25.0. The fraction of sp³-hybridized carbons (Fsp3) is 0. The smallest absolute Gasteiger partial charge is 0.162 e. The van der Waals surface area contributed by atoms with Gasteiger partial charge in [-0.1, -0.05) is 121 Å². The summed E-state index contributed by atoms with van der Waals surface area (Å²) >= 11 is 1.83. The first-order valence-corrected chi connectivity index (χ1v) is 15.6. The molecule has 4 heteroatoms. The van der Waals surface area contributed by atoms with E-state index in [0.29, 0.717) is 5.82 Å². The number of benzene rings is 6. The van der Waals surface area contributed by atoms with Crippen molar-refractivity contribution in [1.29, 1.82) is 0 Å². The van der Waals surface area contributed by atoms with Gasteiger partial charge in [0.2, 0.25) is 0 Å². The van der Waals surface area contributed by atoms with Gasteiger partial charge in [0.25, 0.3) is 0 Å². The monoisotopic (exact) mass is 579 g/mol. The third kappa shape index (κ3) is 3.96. The minimum Gasteiger partial charge on any atom is -0.294 e. The predicted molar refractivity (Wildman–Crippen MR) is 186 cm³/mol. The molecule has 3 aromatic heterocycles. The van der Waals surface area contributed by atoms with E-state index >= 15 is 0 Å². The molecule has 6 aromatic carbocycles. The second-order valence-corrected chi connectivity index (χ2v) is 12.1. The summed E-state index contributed by atoms with van der Waals surface area (Å²) in [5.41, 5.74) is 7.58. The van der Waals surface area contributed by atoms with Crippen molar-refractivity contribution in [3.05, 3.63) is 152 Å². The Labute approximate surface area is 258 Å². The summed E-state index contributed by atoms with van der Waals surface area (Å²) in [4.78, 5) is 10.6. The Hall–Kier alpha value is -5.58. The molecule has 0 spiro atoms. The van der Waals surface area contributed by atoms with Gasteiger partial charge in [-0.2, -0.15) is 0 Å². The molecule has 0 bridgehead atoms. The van der Waals surface area contributed by atoms with Gasteiger partial charge in [-0.3, -0.25) is 4.57 Å². The molecule has 0 radical (unpaired) electrons. The predicted octanol–water partition coefficient (Wildman–Crippen LogP) is 10.9. The Morgan fingerprint density at radius 3 is 1.86 bits per heavy atom. The highest BCUT2D eigenvalue weighted by molar-refractivity contribution is 7.26. The second-order valence-electron chi connectivity index (χ2n) is 11.0. The maximum Gasteiger partial charge on any atom is 0.162 e. The third-order valence-corrected chi connectivity index (χ3v) is 9.65. The van der Waals surface area contributed by atoms with Gasteiger partial charge in [-0.25, -0.2) is 9.97 Å². The zero-order valence-corrected chi connectivity index (χ0v) is 24.5. The van der Waals surface area contributed by atoms with Gasteiger partial charge in [0, 0.05) is 48.1 Å². The van der Waals surface area contributed by atoms with Gasteiger partial charge in [-0.05, 0) is 35.4 Å². The van der Waals surface area contributed by atoms with E-state index in [1.54, 1.807) is 0 Å². The zero-order chi connectivity index (χ0) is 29.0. The van der Waals surface area contributed by atoms with Crippen molar-refractivity contribution < 1.29 is 0 Å². The van der Waals surface area contributed by atoms with Crippen LogP contribution in [0.3, 0.4) is 0 Å². The molecule has 3 heterocycles. The van der Waals surface area contributed by atoms with Crippen molar-refractivity contribution in [1.82, 2.24) is 14.5 Å². The van der Waals surface area contributed by atoms with Crippen LogP contribution in [0.5, 0.6) is 0 Å². The fourth-order valence-electron chi connectivity index (χ4n) is 6.40. The normalized spacial score (nSPS) is 11.6. The van der Waals surface area contributed by atoms with E-state index in [-0.39, 0.29) is 0 Å². The van der Waals surface area contributed by atoms with E-state index < -0.39 is 0 Å². The van der Waals surface area contributed by atoms with Gasteiger partial charge < -0.3 is 0 Å². The van der Waals surface area contributed by atoms with Gasteiger partial charge in [0.15, 0.2) is 5.82 Å². The lowest BCUT2D eigenvalue weighted by Crippen LogP contribution is -2.02. The maximum atomic E-state index is 5.28. The molecule has 0 aliphatic heterocycles. The Kier molecular flexibility index (Phi) is 5.68. The minimum absolute atomic E-state index is 0.704. The van der Waals surface area contributed by atoms with E-state index in [1.165, 1.54) is 36.5 Å². The van der Waals surface area contributed by atoms with Crippen LogP contribution in [0.1, 0.15) is 0 Å². The Bertz CT molecular complexity index is 2450. The van der Waals surface area contributed by atoms with Crippen LogP contribution in [-0.2, 0) is 0 Å². The first-order valence-electron chi connectivity index (χ1n) is 14.8. The SMILES string of the molecule is c1ccc(-c2cccc(-c3nc(-c4cccc5c4sc4ccccc45)cc(-n4c5ccccc5c5ccccc54)n3)c2)cc1. The van der Waals surface area contributed by atoms with Gasteiger partial charge in [-0.15, -0.1) is 11.3 Å². The lowest BCUT2D eigenvalue weighted by Gasteiger charge is -2.13. The molecule has 0 aliphatic carbocycles. The van der Waals surface area contributed by atoms with Crippen molar-refractivity contribution in [3.63, 3.8) is 0 Å². The summed E-state index contributed by atoms with van der Waals surface area (Å²) in [5, 5.41) is 4.96. The number of hydrogen-bond donors (Lipinski definition) is 0. The second kappa shape index (κ2) is 10.0. The third-order valence-electron chi connectivity index (χ3n) is 8.43. The maximum absolute atomic E-state index is 5.28. The summed E-state index contributed by atoms with van der Waals surface area (Å²) in [6.45, 7) is 0. The van der Waals surface area contributed by atoms with E-state index in [4.69, 9.17) is 9.97 Å². The molecule has 206 valence electrons. The summed E-state index contributed by atoms with van der Waals surface area (Å²) in [6, 6.07) is 53.5. The van der Waals surface area contributed by atoms with Crippen LogP contribution in [0.15, 0.2) is 152 Å². The molecule has 0 fully saturated rings. The molecule has 0 N–H and O–H groups in total. The van der Waals surface area contributed by atoms with Gasteiger partial charge in [0.05, 0.1) is 16.7 Å². The van der Waals surface area contributed by atoms with Crippen LogP contribution < -0.4 is 0 Å². The molecule has 0 saturated heterocycles. The molecule has 0 aliphatic rings. The molecule has 0 atom stereocenters. The molecular weight excluding hydrogens is 555 g/mol. The van der Waals surface area contributed by atoms with E-state index in [2.05, 4.69) is 150 Å². The number of hydrogen-bond acceptors (Lipinski definition) is 3. The van der Waals surface area contributed by atoms with E-state index in [0.717, 1.165) is 39.2 Å². The fourth-order valence-corrected chi connectivity index (χ4v) is 7.63. The number of aromatic nitrogens is 3. The highest BCUT2D eigenvalue weighted by Crippen LogP contribution is 2.41. The van der Waals surface area contributed by atoms with Crippen molar-refractivity contribution in [2.45, 2.75) is 0 Å². The average Bonchev–Trinajstić information content (AvgIpc) is 3.65. The summed E-state index contributed by atoms with van der Waals surface area (Å²) in [6.07, 6.45) is 0. The Morgan fingerprint density at radius 2 is 1.07 bits per heavy atom. The van der Waals surface area contributed by atoms with Crippen LogP contribution in [0.4, 0.5) is 0 Å². The molecule has 0 saturated carbocycles.